The van der Waals surface area contributed by atoms with Crippen molar-refractivity contribution in [2.45, 2.75) is 13.0 Å². The number of hydrogen-bond acceptors (Lipinski definition) is 3. The molecule has 0 saturated heterocycles. The Labute approximate surface area is 57.2 Å². The van der Waals surface area contributed by atoms with Crippen molar-refractivity contribution in [1.82, 2.24) is 0 Å². The van der Waals surface area contributed by atoms with Crippen LogP contribution < -0.4 is 0 Å². The summed E-state index contributed by atoms with van der Waals surface area (Å²) in [6, 6.07) is 0. The number of ether oxygens (including phenoxy) is 1. The summed E-state index contributed by atoms with van der Waals surface area (Å²) in [4.78, 5) is 20.1. The molecule has 0 radical (unpaired) electrons. The molecule has 0 aliphatic carbocycles. The van der Waals surface area contributed by atoms with Crippen LogP contribution in [0.2, 0.25) is 0 Å². The van der Waals surface area contributed by atoms with Crippen LogP contribution in [-0.2, 0) is 14.3 Å². The van der Waals surface area contributed by atoms with Crippen LogP contribution in [0.15, 0.2) is 0 Å². The molecule has 0 bridgehead atoms. The van der Waals surface area contributed by atoms with Gasteiger partial charge in [0.05, 0.1) is 0 Å². The Kier molecular flexibility index (Phi) is 3.42. The summed E-state index contributed by atoms with van der Waals surface area (Å²) < 4.78 is 4.37. The van der Waals surface area contributed by atoms with Gasteiger partial charge in [0.15, 0.2) is 0 Å². The summed E-state index contributed by atoms with van der Waals surface area (Å²) in [5, 5.41) is 16.3. The lowest BCUT2D eigenvalue weighted by Gasteiger charge is -2.05. The second-order valence-electron chi connectivity index (χ2n) is 1.51. The quantitative estimate of drug-likeness (QED) is 0.528. The minimum Gasteiger partial charge on any atom is -0.479 e. The van der Waals surface area contributed by atoms with Gasteiger partial charge >= 0.3 is 11.9 Å². The van der Waals surface area contributed by atoms with Crippen molar-refractivity contribution < 1.29 is 24.5 Å². The molecule has 0 aromatic rings. The van der Waals surface area contributed by atoms with Crippen LogP contribution in [0.5, 0.6) is 0 Å². The maximum absolute atomic E-state index is 10.0. The van der Waals surface area contributed by atoms with E-state index in [4.69, 9.17) is 10.2 Å². The van der Waals surface area contributed by atoms with Crippen LogP contribution in [0.3, 0.4) is 0 Å². The Bertz CT molecular complexity index is 127. The molecule has 0 aliphatic rings. The van der Waals surface area contributed by atoms with E-state index in [9.17, 15) is 9.59 Å². The van der Waals surface area contributed by atoms with E-state index in [1.54, 1.807) is 0 Å². The summed E-state index contributed by atoms with van der Waals surface area (Å²) in [5.41, 5.74) is 0. The minimum absolute atomic E-state index is 0.0727. The van der Waals surface area contributed by atoms with E-state index in [1.165, 1.54) is 6.92 Å². The Morgan fingerprint density at radius 1 is 1.40 bits per heavy atom. The molecule has 0 amide bonds. The molecule has 0 saturated carbocycles. The lowest BCUT2D eigenvalue weighted by atomic mass is 10.4. The number of carbonyl (C=O) groups is 2. The third kappa shape index (κ3) is 2.45. The lowest BCUT2D eigenvalue weighted by molar-refractivity contribution is -0.165. The van der Waals surface area contributed by atoms with Crippen LogP contribution in [0.25, 0.3) is 0 Å². The van der Waals surface area contributed by atoms with Gasteiger partial charge in [0.25, 0.3) is 6.10 Å². The molecular weight excluding hydrogens is 140 g/mol. The largest absolute Gasteiger partial charge is 0.479 e. The van der Waals surface area contributed by atoms with Crippen LogP contribution >= 0.6 is 0 Å². The molecule has 58 valence electrons. The molecule has 0 fully saturated rings. The van der Waals surface area contributed by atoms with E-state index in [0.717, 1.165) is 0 Å². The van der Waals surface area contributed by atoms with Crippen molar-refractivity contribution in [3.8, 4) is 0 Å². The first-order valence-electron chi connectivity index (χ1n) is 2.66. The smallest absolute Gasteiger partial charge is 0.344 e. The average molecular weight is 148 g/mol. The van der Waals surface area contributed by atoms with Crippen molar-refractivity contribution in [3.63, 3.8) is 0 Å². The molecule has 10 heavy (non-hydrogen) atoms. The highest BCUT2D eigenvalue weighted by Gasteiger charge is 2.25. The fourth-order valence-corrected chi connectivity index (χ4v) is 0.415. The van der Waals surface area contributed by atoms with E-state index in [2.05, 4.69) is 4.74 Å². The second kappa shape index (κ2) is 3.84. The second-order valence-corrected chi connectivity index (χ2v) is 1.51. The van der Waals surface area contributed by atoms with Gasteiger partial charge in [-0.15, -0.1) is 0 Å². The molecule has 0 aliphatic heterocycles. The SMILES string of the molecule is CCOC(C(=O)O)C(=O)O. The third-order valence-electron chi connectivity index (χ3n) is 0.782. The van der Waals surface area contributed by atoms with E-state index in [1.807, 2.05) is 0 Å². The molecule has 0 unspecified atom stereocenters. The zero-order valence-corrected chi connectivity index (χ0v) is 5.40. The van der Waals surface area contributed by atoms with Gasteiger partial charge in [-0.3, -0.25) is 0 Å². The van der Waals surface area contributed by atoms with Gasteiger partial charge in [0, 0.05) is 6.61 Å². The third-order valence-corrected chi connectivity index (χ3v) is 0.782. The average Bonchev–Trinajstić information content (AvgIpc) is 1.81. The van der Waals surface area contributed by atoms with Crippen molar-refractivity contribution in [3.05, 3.63) is 0 Å². The monoisotopic (exact) mass is 148 g/mol. The van der Waals surface area contributed by atoms with Crippen LogP contribution in [0.4, 0.5) is 0 Å². The molecular formula is C5H8O5. The zero-order valence-electron chi connectivity index (χ0n) is 5.40. The Balaban J connectivity index is 3.98. The highest BCUT2D eigenvalue weighted by molar-refractivity contribution is 5.95. The summed E-state index contributed by atoms with van der Waals surface area (Å²) in [7, 11) is 0. The van der Waals surface area contributed by atoms with Gasteiger partial charge in [-0.2, -0.15) is 0 Å². The Hall–Kier alpha value is -1.10. The highest BCUT2D eigenvalue weighted by atomic mass is 16.5. The number of carboxylic acids is 2. The topological polar surface area (TPSA) is 83.8 Å². The van der Waals surface area contributed by atoms with Gasteiger partial charge in [-0.25, -0.2) is 9.59 Å². The van der Waals surface area contributed by atoms with Crippen molar-refractivity contribution in [2.75, 3.05) is 6.61 Å². The number of rotatable bonds is 4. The molecule has 0 heterocycles. The standard InChI is InChI=1S/C5H8O5/c1-2-10-3(4(6)7)5(8)9/h3H,2H2,1H3,(H,6,7)(H,8,9). The van der Waals surface area contributed by atoms with Gasteiger partial charge < -0.3 is 14.9 Å². The molecule has 2 N–H and O–H groups in total. The molecule has 0 aromatic heterocycles. The van der Waals surface area contributed by atoms with Crippen molar-refractivity contribution in [1.29, 1.82) is 0 Å². The van der Waals surface area contributed by atoms with Crippen LogP contribution in [-0.4, -0.2) is 34.9 Å². The molecule has 5 heteroatoms. The minimum atomic E-state index is -1.73. The number of carboxylic acid groups (broad SMARTS) is 2. The first-order chi connectivity index (χ1) is 4.59. The zero-order chi connectivity index (χ0) is 8.15. The van der Waals surface area contributed by atoms with E-state index >= 15 is 0 Å². The van der Waals surface area contributed by atoms with Crippen LogP contribution in [0, 0.1) is 0 Å². The lowest BCUT2D eigenvalue weighted by Crippen LogP contribution is -2.32. The van der Waals surface area contributed by atoms with E-state index in [0.29, 0.717) is 0 Å². The molecule has 0 rings (SSSR count). The van der Waals surface area contributed by atoms with Crippen molar-refractivity contribution in [2.24, 2.45) is 0 Å². The fraction of sp³-hybridized carbons (Fsp3) is 0.600. The van der Waals surface area contributed by atoms with Gasteiger partial charge in [-0.1, -0.05) is 0 Å². The van der Waals surface area contributed by atoms with Crippen molar-refractivity contribution >= 4 is 11.9 Å². The summed E-state index contributed by atoms with van der Waals surface area (Å²) in [5.74, 6) is -2.95. The van der Waals surface area contributed by atoms with Gasteiger partial charge in [-0.05, 0) is 6.92 Å². The maximum atomic E-state index is 10.0. The first kappa shape index (κ1) is 8.90. The van der Waals surface area contributed by atoms with Gasteiger partial charge in [0.2, 0.25) is 0 Å². The van der Waals surface area contributed by atoms with E-state index in [-0.39, 0.29) is 6.61 Å². The van der Waals surface area contributed by atoms with Gasteiger partial charge in [0.1, 0.15) is 0 Å². The Morgan fingerprint density at radius 3 is 1.90 bits per heavy atom. The molecule has 0 spiro atoms. The van der Waals surface area contributed by atoms with E-state index < -0.39 is 18.0 Å². The molecule has 0 atom stereocenters. The highest BCUT2D eigenvalue weighted by Crippen LogP contribution is 1.91. The predicted molar refractivity (Wildman–Crippen MR) is 30.7 cm³/mol. The summed E-state index contributed by atoms with van der Waals surface area (Å²) >= 11 is 0. The normalized spacial score (nSPS) is 9.80. The Morgan fingerprint density at radius 2 is 1.80 bits per heavy atom. The summed E-state index contributed by atoms with van der Waals surface area (Å²) in [6.45, 7) is 1.60. The fourth-order valence-electron chi connectivity index (χ4n) is 0.415. The summed E-state index contributed by atoms with van der Waals surface area (Å²) in [6.07, 6.45) is -1.73. The van der Waals surface area contributed by atoms with Crippen LogP contribution in [0.1, 0.15) is 6.92 Å². The number of hydrogen-bond donors (Lipinski definition) is 2. The number of aliphatic carboxylic acids is 2. The molecule has 0 aromatic carbocycles. The maximum Gasteiger partial charge on any atom is 0.344 e. The molecule has 5 nitrogen and oxygen atoms in total. The predicted octanol–water partition coefficient (Wildman–Crippen LogP) is -0.439. The first-order valence-corrected chi connectivity index (χ1v) is 2.66.